The molecule has 1 saturated heterocycles. The van der Waals surface area contributed by atoms with Crippen LogP contribution < -0.4 is 11.1 Å². The second kappa shape index (κ2) is 9.14. The third-order valence-electron chi connectivity index (χ3n) is 5.70. The van der Waals surface area contributed by atoms with E-state index in [1.54, 1.807) is 10.7 Å². The average molecular weight is 418 g/mol. The van der Waals surface area contributed by atoms with Crippen LogP contribution in [0.3, 0.4) is 0 Å². The van der Waals surface area contributed by atoms with Crippen molar-refractivity contribution >= 4 is 17.5 Å². The number of rotatable bonds is 6. The molecule has 0 spiro atoms. The van der Waals surface area contributed by atoms with Crippen molar-refractivity contribution in [2.45, 2.75) is 26.3 Å². The Kier molecular flexibility index (Phi) is 6.13. The summed E-state index contributed by atoms with van der Waals surface area (Å²) in [6.45, 7) is 4.40. The SMILES string of the molecule is Cc1cc(C(=O)Nc2cccc(CN3CCC(C(N)=O)CC3)c2)nn1-c1ccccc1. The van der Waals surface area contributed by atoms with E-state index in [0.717, 1.165) is 55.1 Å². The van der Waals surface area contributed by atoms with Crippen molar-refractivity contribution in [3.8, 4) is 5.69 Å². The summed E-state index contributed by atoms with van der Waals surface area (Å²) in [6.07, 6.45) is 1.60. The molecule has 31 heavy (non-hydrogen) atoms. The summed E-state index contributed by atoms with van der Waals surface area (Å²) in [5, 5.41) is 7.43. The first-order valence-electron chi connectivity index (χ1n) is 10.5. The second-order valence-electron chi connectivity index (χ2n) is 8.03. The van der Waals surface area contributed by atoms with E-state index in [2.05, 4.69) is 15.3 Å². The number of piperidine rings is 1. The summed E-state index contributed by atoms with van der Waals surface area (Å²) >= 11 is 0. The van der Waals surface area contributed by atoms with Crippen LogP contribution in [0.5, 0.6) is 0 Å². The van der Waals surface area contributed by atoms with E-state index in [4.69, 9.17) is 5.73 Å². The molecule has 2 aromatic carbocycles. The highest BCUT2D eigenvalue weighted by Gasteiger charge is 2.23. The van der Waals surface area contributed by atoms with Gasteiger partial charge in [-0.15, -0.1) is 0 Å². The van der Waals surface area contributed by atoms with Gasteiger partial charge in [-0.2, -0.15) is 5.10 Å². The number of nitrogens with zero attached hydrogens (tertiary/aromatic N) is 3. The molecule has 3 N–H and O–H groups in total. The van der Waals surface area contributed by atoms with Gasteiger partial charge in [-0.05, 0) is 68.8 Å². The maximum atomic E-state index is 12.8. The maximum Gasteiger partial charge on any atom is 0.276 e. The lowest BCUT2D eigenvalue weighted by Crippen LogP contribution is -2.38. The van der Waals surface area contributed by atoms with Crippen LogP contribution in [0, 0.1) is 12.8 Å². The quantitative estimate of drug-likeness (QED) is 0.644. The number of benzene rings is 2. The summed E-state index contributed by atoms with van der Waals surface area (Å²) < 4.78 is 1.76. The topological polar surface area (TPSA) is 93.2 Å². The number of aryl methyl sites for hydroxylation is 1. The van der Waals surface area contributed by atoms with Crippen molar-refractivity contribution in [3.05, 3.63) is 77.6 Å². The second-order valence-corrected chi connectivity index (χ2v) is 8.03. The molecule has 0 radical (unpaired) electrons. The van der Waals surface area contributed by atoms with Crippen LogP contribution >= 0.6 is 0 Å². The fourth-order valence-corrected chi connectivity index (χ4v) is 3.99. The number of primary amides is 1. The van der Waals surface area contributed by atoms with E-state index in [1.165, 1.54) is 0 Å². The fourth-order valence-electron chi connectivity index (χ4n) is 3.99. The Morgan fingerprint density at radius 1 is 1.06 bits per heavy atom. The summed E-state index contributed by atoms with van der Waals surface area (Å²) in [4.78, 5) is 26.4. The molecule has 0 saturated carbocycles. The Balaban J connectivity index is 1.40. The normalized spacial score (nSPS) is 15.0. The third-order valence-corrected chi connectivity index (χ3v) is 5.70. The van der Waals surface area contributed by atoms with Gasteiger partial charge in [-0.25, -0.2) is 4.68 Å². The van der Waals surface area contributed by atoms with Crippen molar-refractivity contribution in [2.75, 3.05) is 18.4 Å². The summed E-state index contributed by atoms with van der Waals surface area (Å²) in [5.74, 6) is -0.451. The van der Waals surface area contributed by atoms with Crippen LogP contribution in [0.2, 0.25) is 0 Å². The van der Waals surface area contributed by atoms with Crippen molar-refractivity contribution in [1.29, 1.82) is 0 Å². The van der Waals surface area contributed by atoms with Gasteiger partial charge in [-0.3, -0.25) is 14.5 Å². The molecule has 4 rings (SSSR count). The molecule has 3 aromatic rings. The molecule has 2 heterocycles. The lowest BCUT2D eigenvalue weighted by molar-refractivity contribution is -0.123. The molecule has 1 aliphatic heterocycles. The Morgan fingerprint density at radius 3 is 2.52 bits per heavy atom. The van der Waals surface area contributed by atoms with Crippen LogP contribution in [-0.4, -0.2) is 39.6 Å². The Labute approximate surface area is 181 Å². The minimum absolute atomic E-state index is 0.0129. The van der Waals surface area contributed by atoms with E-state index >= 15 is 0 Å². The maximum absolute atomic E-state index is 12.8. The molecule has 7 nitrogen and oxygen atoms in total. The first-order chi connectivity index (χ1) is 15.0. The van der Waals surface area contributed by atoms with Crippen LogP contribution in [0.1, 0.15) is 34.6 Å². The monoisotopic (exact) mass is 417 g/mol. The Morgan fingerprint density at radius 2 is 1.81 bits per heavy atom. The summed E-state index contributed by atoms with van der Waals surface area (Å²) in [6, 6.07) is 19.4. The van der Waals surface area contributed by atoms with Crippen molar-refractivity contribution < 1.29 is 9.59 Å². The van der Waals surface area contributed by atoms with Gasteiger partial charge in [0.15, 0.2) is 5.69 Å². The highest BCUT2D eigenvalue weighted by molar-refractivity contribution is 6.03. The number of carbonyl (C=O) groups is 2. The molecular weight excluding hydrogens is 390 g/mol. The van der Waals surface area contributed by atoms with E-state index in [1.807, 2.05) is 61.5 Å². The average Bonchev–Trinajstić information content (AvgIpc) is 3.17. The predicted octanol–water partition coefficient (Wildman–Crippen LogP) is 3.13. The van der Waals surface area contributed by atoms with E-state index in [0.29, 0.717) is 5.69 Å². The van der Waals surface area contributed by atoms with Crippen molar-refractivity contribution in [3.63, 3.8) is 0 Å². The number of hydrogen-bond acceptors (Lipinski definition) is 4. The molecule has 2 amide bonds. The van der Waals surface area contributed by atoms with E-state index in [-0.39, 0.29) is 17.7 Å². The smallest absolute Gasteiger partial charge is 0.276 e. The van der Waals surface area contributed by atoms with E-state index < -0.39 is 0 Å². The zero-order chi connectivity index (χ0) is 21.8. The van der Waals surface area contributed by atoms with Gasteiger partial charge < -0.3 is 11.1 Å². The summed E-state index contributed by atoms with van der Waals surface area (Å²) in [7, 11) is 0. The number of amides is 2. The zero-order valence-electron chi connectivity index (χ0n) is 17.6. The number of aromatic nitrogens is 2. The molecule has 0 unspecified atom stereocenters. The van der Waals surface area contributed by atoms with Crippen molar-refractivity contribution in [1.82, 2.24) is 14.7 Å². The minimum Gasteiger partial charge on any atom is -0.369 e. The zero-order valence-corrected chi connectivity index (χ0v) is 17.6. The lowest BCUT2D eigenvalue weighted by atomic mass is 9.96. The standard InChI is InChI=1S/C24H27N5O2/c1-17-14-22(27-29(17)21-8-3-2-4-9-21)24(31)26-20-7-5-6-18(15-20)16-28-12-10-19(11-13-28)23(25)30/h2-9,14-15,19H,10-13,16H2,1H3,(H2,25,30)(H,26,31). The van der Waals surface area contributed by atoms with Crippen LogP contribution in [-0.2, 0) is 11.3 Å². The number of nitrogens with one attached hydrogen (secondary N) is 1. The van der Waals surface area contributed by atoms with Gasteiger partial charge in [0, 0.05) is 23.8 Å². The molecule has 160 valence electrons. The van der Waals surface area contributed by atoms with Crippen LogP contribution in [0.25, 0.3) is 5.69 Å². The molecule has 1 fully saturated rings. The van der Waals surface area contributed by atoms with E-state index in [9.17, 15) is 9.59 Å². The third kappa shape index (κ3) is 5.00. The van der Waals surface area contributed by atoms with Gasteiger partial charge >= 0.3 is 0 Å². The number of nitrogens with two attached hydrogens (primary N) is 1. The largest absolute Gasteiger partial charge is 0.369 e. The molecule has 0 atom stereocenters. The molecule has 7 heteroatoms. The summed E-state index contributed by atoms with van der Waals surface area (Å²) in [5.41, 5.74) is 9.45. The van der Waals surface area contributed by atoms with Crippen molar-refractivity contribution in [2.24, 2.45) is 11.7 Å². The van der Waals surface area contributed by atoms with Crippen LogP contribution in [0.4, 0.5) is 5.69 Å². The van der Waals surface area contributed by atoms with Gasteiger partial charge in [0.1, 0.15) is 0 Å². The highest BCUT2D eigenvalue weighted by Crippen LogP contribution is 2.20. The molecule has 1 aromatic heterocycles. The number of hydrogen-bond donors (Lipinski definition) is 2. The predicted molar refractivity (Wildman–Crippen MR) is 120 cm³/mol. The molecular formula is C24H27N5O2. The fraction of sp³-hybridized carbons (Fsp3) is 0.292. The number of anilines is 1. The molecule has 0 aliphatic carbocycles. The number of carbonyl (C=O) groups excluding carboxylic acids is 2. The molecule has 0 bridgehead atoms. The first kappa shape index (κ1) is 20.8. The lowest BCUT2D eigenvalue weighted by Gasteiger charge is -2.30. The van der Waals surface area contributed by atoms with Crippen LogP contribution in [0.15, 0.2) is 60.7 Å². The highest BCUT2D eigenvalue weighted by atomic mass is 16.2. The van der Waals surface area contributed by atoms with Gasteiger partial charge in [-0.1, -0.05) is 30.3 Å². The van der Waals surface area contributed by atoms with Gasteiger partial charge in [0.2, 0.25) is 5.91 Å². The Hall–Kier alpha value is -3.45. The number of likely N-dealkylation sites (tertiary alicyclic amines) is 1. The van der Waals surface area contributed by atoms with Gasteiger partial charge in [0.25, 0.3) is 5.91 Å². The number of para-hydroxylation sites is 1. The Bertz CT molecular complexity index is 1070. The van der Waals surface area contributed by atoms with Gasteiger partial charge in [0.05, 0.1) is 5.69 Å². The minimum atomic E-state index is -0.239. The molecule has 1 aliphatic rings. The first-order valence-corrected chi connectivity index (χ1v) is 10.5.